The van der Waals surface area contributed by atoms with E-state index in [0.717, 1.165) is 0 Å². The van der Waals surface area contributed by atoms with Crippen molar-refractivity contribution in [1.29, 1.82) is 21.6 Å². The van der Waals surface area contributed by atoms with Crippen LogP contribution in [-0.2, 0) is 0 Å². The van der Waals surface area contributed by atoms with Gasteiger partial charge in [0.25, 0.3) is 0 Å². The van der Waals surface area contributed by atoms with Crippen molar-refractivity contribution in [2.75, 3.05) is 0 Å². The molecule has 4 heteroatoms. The van der Waals surface area contributed by atoms with Gasteiger partial charge in [0.2, 0.25) is 0 Å². The van der Waals surface area contributed by atoms with E-state index in [1.807, 2.05) is 0 Å². The molecule has 0 saturated heterocycles. The van der Waals surface area contributed by atoms with Crippen LogP contribution in [0.2, 0.25) is 0 Å². The van der Waals surface area contributed by atoms with Gasteiger partial charge in [0.1, 0.15) is 10.7 Å². The van der Waals surface area contributed by atoms with Crippen molar-refractivity contribution in [1.82, 2.24) is 0 Å². The van der Waals surface area contributed by atoms with Crippen LogP contribution in [0.4, 0.5) is 0 Å². The molecular weight excluding hydrogens is 128 g/mol. The lowest BCUT2D eigenvalue weighted by Crippen LogP contribution is -2.45. The van der Waals surface area contributed by atoms with Crippen LogP contribution in [0.5, 0.6) is 0 Å². The highest BCUT2D eigenvalue weighted by Crippen LogP contribution is 1.48. The molecule has 0 saturated carbocycles. The van der Waals surface area contributed by atoms with Gasteiger partial charge >= 0.3 is 0 Å². The van der Waals surface area contributed by atoms with Crippen LogP contribution in [0.15, 0.2) is 12.1 Å². The Morgan fingerprint density at radius 2 is 1.00 bits per heavy atom. The predicted molar refractivity (Wildman–Crippen MR) is 32.2 cm³/mol. The van der Waals surface area contributed by atoms with Crippen molar-refractivity contribution in [3.8, 4) is 0 Å². The van der Waals surface area contributed by atoms with Crippen LogP contribution in [0.25, 0.3) is 0 Å². The Kier molecular flexibility index (Phi) is 1.30. The van der Waals surface area contributed by atoms with Crippen LogP contribution in [-0.4, -0.2) is 0 Å². The molecule has 1 rings (SSSR count). The molecule has 4 nitrogen and oxygen atoms in total. The van der Waals surface area contributed by atoms with Gasteiger partial charge in [-0.3, -0.25) is 21.6 Å². The van der Waals surface area contributed by atoms with E-state index < -0.39 is 0 Å². The predicted octanol–water partition coefficient (Wildman–Crippen LogP) is -1.52. The first-order valence-corrected chi connectivity index (χ1v) is 2.66. The van der Waals surface area contributed by atoms with E-state index in [9.17, 15) is 0 Å². The summed E-state index contributed by atoms with van der Waals surface area (Å²) in [6, 6.07) is 2.70. The molecule has 0 aliphatic rings. The summed E-state index contributed by atoms with van der Waals surface area (Å²) < 4.78 is 0. The van der Waals surface area contributed by atoms with Gasteiger partial charge in [0.15, 0.2) is 0 Å². The largest absolute Gasteiger partial charge is 0.299 e. The molecule has 0 unspecified atom stereocenters. The highest BCUT2D eigenvalue weighted by Gasteiger charge is 1.87. The Balaban J connectivity index is 4.04. The van der Waals surface area contributed by atoms with E-state index in [1.54, 1.807) is 0 Å². The Labute approximate surface area is 56.2 Å². The first kappa shape index (κ1) is 6.54. The van der Waals surface area contributed by atoms with E-state index in [0.29, 0.717) is 0 Å². The lowest BCUT2D eigenvalue weighted by Gasteiger charge is -1.81. The maximum absolute atomic E-state index is 7.09. The number of hydrogen-bond donors (Lipinski definition) is 4. The summed E-state index contributed by atoms with van der Waals surface area (Å²) in [5, 5.41) is 28.0. The molecule has 1 aromatic rings. The minimum absolute atomic E-state index is 0.000926. The second-order valence-corrected chi connectivity index (χ2v) is 1.91. The van der Waals surface area contributed by atoms with Gasteiger partial charge in [-0.2, -0.15) is 0 Å². The third-order valence-electron chi connectivity index (χ3n) is 1.21. The summed E-state index contributed by atoms with van der Waals surface area (Å²) >= 11 is 0. The molecule has 0 aliphatic heterocycles. The quantitative estimate of drug-likeness (QED) is 0.331. The van der Waals surface area contributed by atoms with Crippen molar-refractivity contribution in [2.24, 2.45) is 0 Å². The lowest BCUT2D eigenvalue weighted by molar-refractivity contribution is 1.01. The summed E-state index contributed by atoms with van der Waals surface area (Å²) in [4.78, 5) is 0. The minimum Gasteiger partial charge on any atom is -0.299 e. The molecule has 0 atom stereocenters. The van der Waals surface area contributed by atoms with Crippen LogP contribution in [0.1, 0.15) is 0 Å². The summed E-state index contributed by atoms with van der Waals surface area (Å²) in [5.41, 5.74) is 0. The average Bonchev–Trinajstić information content (AvgIpc) is 1.93. The van der Waals surface area contributed by atoms with Crippen LogP contribution in [0, 0.1) is 21.6 Å². The number of nitrogens with one attached hydrogen (secondary N) is 4. The Morgan fingerprint density at radius 3 is 1.30 bits per heavy atom. The third-order valence-corrected chi connectivity index (χ3v) is 1.21. The molecule has 0 radical (unpaired) electrons. The molecule has 1 aromatic carbocycles. The van der Waals surface area contributed by atoms with Gasteiger partial charge in [0.05, 0.1) is 10.7 Å². The summed E-state index contributed by atoms with van der Waals surface area (Å²) in [6.45, 7) is 0. The second kappa shape index (κ2) is 1.98. The average molecular weight is 134 g/mol. The van der Waals surface area contributed by atoms with Crippen molar-refractivity contribution in [2.45, 2.75) is 0 Å². The normalized spacial score (nSPS) is 9.60. The van der Waals surface area contributed by atoms with E-state index in [-0.39, 0.29) is 21.4 Å². The fourth-order valence-electron chi connectivity index (χ4n) is 0.603. The fourth-order valence-corrected chi connectivity index (χ4v) is 0.603. The maximum atomic E-state index is 7.09. The van der Waals surface area contributed by atoms with Crippen molar-refractivity contribution in [3.05, 3.63) is 33.6 Å². The molecule has 0 amide bonds. The zero-order chi connectivity index (χ0) is 7.72. The van der Waals surface area contributed by atoms with Crippen LogP contribution in [0.3, 0.4) is 0 Å². The summed E-state index contributed by atoms with van der Waals surface area (Å²) in [7, 11) is 0. The molecule has 0 aliphatic carbocycles. The van der Waals surface area contributed by atoms with Crippen LogP contribution < -0.4 is 21.4 Å². The monoisotopic (exact) mass is 134 g/mol. The molecule has 50 valence electrons. The Bertz CT molecular complexity index is 393. The smallest absolute Gasteiger partial charge is 0.106 e. The molecular formula is C6H6N4. The molecule has 0 spiro atoms. The summed E-state index contributed by atoms with van der Waals surface area (Å²) in [5.74, 6) is 0. The molecule has 0 bridgehead atoms. The van der Waals surface area contributed by atoms with Gasteiger partial charge < -0.3 is 0 Å². The van der Waals surface area contributed by atoms with Gasteiger partial charge in [-0.05, 0) is 12.1 Å². The van der Waals surface area contributed by atoms with E-state index >= 15 is 0 Å². The van der Waals surface area contributed by atoms with E-state index in [1.165, 1.54) is 12.1 Å². The number of benzene rings is 1. The lowest BCUT2D eigenvalue weighted by atomic mass is 10.3. The Morgan fingerprint density at radius 1 is 0.700 bits per heavy atom. The highest BCUT2D eigenvalue weighted by molar-refractivity contribution is 4.95. The zero-order valence-electron chi connectivity index (χ0n) is 5.15. The standard InChI is InChI=1S/C6H6N4/c7-3-1-2-4(8)6(10)5(3)9/h1-2,7-10H. The minimum atomic E-state index is -0.174. The fraction of sp³-hybridized carbons (Fsp3) is 0. The van der Waals surface area contributed by atoms with E-state index in [2.05, 4.69) is 0 Å². The van der Waals surface area contributed by atoms with Crippen LogP contribution >= 0.6 is 0 Å². The zero-order valence-corrected chi connectivity index (χ0v) is 5.15. The summed E-state index contributed by atoms with van der Waals surface area (Å²) in [6.07, 6.45) is 0. The van der Waals surface area contributed by atoms with Gasteiger partial charge in [0, 0.05) is 0 Å². The van der Waals surface area contributed by atoms with E-state index in [4.69, 9.17) is 21.6 Å². The van der Waals surface area contributed by atoms with Gasteiger partial charge in [-0.1, -0.05) is 0 Å². The molecule has 0 aromatic heterocycles. The third kappa shape index (κ3) is 0.793. The van der Waals surface area contributed by atoms with Crippen molar-refractivity contribution < 1.29 is 0 Å². The molecule has 0 heterocycles. The maximum Gasteiger partial charge on any atom is 0.106 e. The highest BCUT2D eigenvalue weighted by atomic mass is 14.5. The number of hydrogen-bond acceptors (Lipinski definition) is 4. The SMILES string of the molecule is N=c1ccc(=N)c(=N)c1=N. The molecule has 4 N–H and O–H groups in total. The Hall–Kier alpha value is -1.58. The van der Waals surface area contributed by atoms with Crippen molar-refractivity contribution in [3.63, 3.8) is 0 Å². The van der Waals surface area contributed by atoms with Gasteiger partial charge in [-0.15, -0.1) is 0 Å². The molecule has 0 fully saturated rings. The first-order chi connectivity index (χ1) is 4.63. The second-order valence-electron chi connectivity index (χ2n) is 1.91. The topological polar surface area (TPSA) is 95.4 Å². The number of rotatable bonds is 0. The first-order valence-electron chi connectivity index (χ1n) is 2.66. The van der Waals surface area contributed by atoms with Crippen molar-refractivity contribution >= 4 is 0 Å². The van der Waals surface area contributed by atoms with Gasteiger partial charge in [-0.25, -0.2) is 0 Å². The molecule has 10 heavy (non-hydrogen) atoms.